The van der Waals surface area contributed by atoms with E-state index >= 15 is 0 Å². The molecule has 0 spiro atoms. The van der Waals surface area contributed by atoms with E-state index in [1.165, 1.54) is 27.9 Å². The molecule has 3 aromatic carbocycles. The Morgan fingerprint density at radius 1 is 0.810 bits per heavy atom. The fraction of sp³-hybridized carbons (Fsp3) is 0.486. The number of hydrogen-bond donors (Lipinski definition) is 2. The normalized spacial score (nSPS) is 14.5. The maximum Gasteiger partial charge on any atom is 0.120 e. The number of methoxy groups -OCH3 is 3. The molecule has 0 saturated heterocycles. The van der Waals surface area contributed by atoms with Crippen molar-refractivity contribution < 1.29 is 24.1 Å². The number of aromatic hydroxyl groups is 1. The number of aryl methyl sites for hydroxylation is 2. The summed E-state index contributed by atoms with van der Waals surface area (Å²) in [6.07, 6.45) is 6.31. The average Bonchev–Trinajstić information content (AvgIpc) is 3.02. The summed E-state index contributed by atoms with van der Waals surface area (Å²) in [5.41, 5.74) is 6.47. The molecule has 1 unspecified atom stereocenters. The van der Waals surface area contributed by atoms with E-state index in [9.17, 15) is 5.11 Å². The van der Waals surface area contributed by atoms with E-state index in [4.69, 9.17) is 18.9 Å². The Bertz CT molecular complexity index is 1210. The number of phenols is 1. The van der Waals surface area contributed by atoms with Crippen LogP contribution in [-0.4, -0.2) is 77.3 Å². The Hall–Kier alpha value is -3.26. The van der Waals surface area contributed by atoms with Crippen molar-refractivity contribution in [3.05, 3.63) is 82.9 Å². The lowest BCUT2D eigenvalue weighted by atomic mass is 9.79. The third kappa shape index (κ3) is 9.65. The molecule has 0 radical (unpaired) electrons. The molecule has 7 nitrogen and oxygen atoms in total. The van der Waals surface area contributed by atoms with Crippen LogP contribution in [0.5, 0.6) is 17.2 Å². The smallest absolute Gasteiger partial charge is 0.120 e. The molecule has 7 heteroatoms. The van der Waals surface area contributed by atoms with E-state index in [1.807, 2.05) is 6.07 Å². The Morgan fingerprint density at radius 3 is 2.29 bits per heavy atom. The quantitative estimate of drug-likeness (QED) is 0.178. The lowest BCUT2D eigenvalue weighted by Crippen LogP contribution is -2.34. The molecule has 0 amide bonds. The Kier molecular flexibility index (Phi) is 12.8. The van der Waals surface area contributed by atoms with Gasteiger partial charge in [-0.3, -0.25) is 4.90 Å². The van der Waals surface area contributed by atoms with Gasteiger partial charge < -0.3 is 29.4 Å². The van der Waals surface area contributed by atoms with Crippen LogP contribution < -0.4 is 14.8 Å². The summed E-state index contributed by atoms with van der Waals surface area (Å²) in [7, 11) is 5.18. The van der Waals surface area contributed by atoms with E-state index in [2.05, 4.69) is 58.7 Å². The summed E-state index contributed by atoms with van der Waals surface area (Å²) in [5, 5.41) is 13.6. The van der Waals surface area contributed by atoms with Crippen LogP contribution in [0.15, 0.2) is 60.7 Å². The predicted molar refractivity (Wildman–Crippen MR) is 169 cm³/mol. The van der Waals surface area contributed by atoms with Crippen molar-refractivity contribution in [2.45, 2.75) is 44.4 Å². The minimum Gasteiger partial charge on any atom is -0.508 e. The molecule has 4 rings (SSSR count). The maximum atomic E-state index is 9.85. The lowest BCUT2D eigenvalue weighted by molar-refractivity contribution is 0.104. The van der Waals surface area contributed by atoms with Crippen LogP contribution >= 0.6 is 0 Å². The molecule has 0 saturated carbocycles. The molecule has 0 aromatic heterocycles. The van der Waals surface area contributed by atoms with E-state index in [0.29, 0.717) is 31.5 Å². The second-order valence-corrected chi connectivity index (χ2v) is 11.0. The van der Waals surface area contributed by atoms with Crippen LogP contribution in [0.25, 0.3) is 0 Å². The van der Waals surface area contributed by atoms with Crippen molar-refractivity contribution in [1.29, 1.82) is 0 Å². The third-order valence-corrected chi connectivity index (χ3v) is 8.15. The molecule has 0 bridgehead atoms. The monoisotopic (exact) mass is 576 g/mol. The van der Waals surface area contributed by atoms with E-state index in [-0.39, 0.29) is 0 Å². The lowest BCUT2D eigenvalue weighted by Gasteiger charge is -2.27. The first kappa shape index (κ1) is 31.7. The van der Waals surface area contributed by atoms with Gasteiger partial charge in [0.05, 0.1) is 20.3 Å². The SMILES string of the molecule is COCCN(CCOC)CCOc1ccc(CCCCNc2cc(OC)ccc2C2CCc3cc(O)ccc3C2)cc1. The molecule has 0 fully saturated rings. The first-order chi connectivity index (χ1) is 20.6. The number of nitrogens with zero attached hydrogens (tertiary/aromatic N) is 1. The van der Waals surface area contributed by atoms with Crippen molar-refractivity contribution >= 4 is 5.69 Å². The Balaban J connectivity index is 1.21. The van der Waals surface area contributed by atoms with E-state index in [1.54, 1.807) is 27.4 Å². The second-order valence-electron chi connectivity index (χ2n) is 11.0. The molecule has 228 valence electrons. The summed E-state index contributed by atoms with van der Waals surface area (Å²) >= 11 is 0. The van der Waals surface area contributed by atoms with Gasteiger partial charge in [0.15, 0.2) is 0 Å². The van der Waals surface area contributed by atoms with E-state index in [0.717, 1.165) is 76.2 Å². The second kappa shape index (κ2) is 17.0. The van der Waals surface area contributed by atoms with Crippen LogP contribution in [0, 0.1) is 0 Å². The van der Waals surface area contributed by atoms with Crippen molar-refractivity contribution in [2.75, 3.05) is 72.6 Å². The molecule has 1 atom stereocenters. The van der Waals surface area contributed by atoms with Crippen LogP contribution in [0.1, 0.15) is 47.4 Å². The van der Waals surface area contributed by atoms with Gasteiger partial charge in [-0.25, -0.2) is 0 Å². The van der Waals surface area contributed by atoms with Gasteiger partial charge in [-0.05, 0) is 97.0 Å². The van der Waals surface area contributed by atoms with Gasteiger partial charge in [-0.2, -0.15) is 0 Å². The van der Waals surface area contributed by atoms with Gasteiger partial charge in [0.2, 0.25) is 0 Å². The standard InChI is InChI=1S/C35H48N2O5/c1-39-21-18-37(19-22-40-2)20-23-42-32-13-7-27(8-14-32)6-4-5-17-36-35-26-33(41-3)15-16-34(35)30-10-9-29-25-31(38)12-11-28(29)24-30/h7-8,11-16,25-26,30,36,38H,4-6,9-10,17-24H2,1-3H3. The fourth-order valence-corrected chi connectivity index (χ4v) is 5.68. The average molecular weight is 577 g/mol. The minimum atomic E-state index is 0.359. The first-order valence-corrected chi connectivity index (χ1v) is 15.2. The van der Waals surface area contributed by atoms with Gasteiger partial charge in [-0.15, -0.1) is 0 Å². The molecule has 0 heterocycles. The third-order valence-electron chi connectivity index (χ3n) is 8.15. The largest absolute Gasteiger partial charge is 0.508 e. The van der Waals surface area contributed by atoms with Crippen LogP contribution in [0.4, 0.5) is 5.69 Å². The van der Waals surface area contributed by atoms with Crippen molar-refractivity contribution in [2.24, 2.45) is 0 Å². The van der Waals surface area contributed by atoms with Crippen molar-refractivity contribution in [1.82, 2.24) is 4.90 Å². The zero-order valence-corrected chi connectivity index (χ0v) is 25.6. The Morgan fingerprint density at radius 2 is 1.55 bits per heavy atom. The molecule has 3 aromatic rings. The minimum absolute atomic E-state index is 0.359. The van der Waals surface area contributed by atoms with E-state index < -0.39 is 0 Å². The number of unbranched alkanes of at least 4 members (excludes halogenated alkanes) is 1. The molecule has 1 aliphatic carbocycles. The highest BCUT2D eigenvalue weighted by atomic mass is 16.5. The maximum absolute atomic E-state index is 9.85. The van der Waals surface area contributed by atoms with Gasteiger partial charge in [0, 0.05) is 52.2 Å². The van der Waals surface area contributed by atoms with Crippen LogP contribution in [0.3, 0.4) is 0 Å². The summed E-state index contributed by atoms with van der Waals surface area (Å²) in [6, 6.07) is 20.7. The molecule has 42 heavy (non-hydrogen) atoms. The zero-order valence-electron chi connectivity index (χ0n) is 25.6. The van der Waals surface area contributed by atoms with Crippen LogP contribution in [-0.2, 0) is 28.7 Å². The number of phenolic OH excluding ortho intramolecular Hbond substituents is 1. The number of fused-ring (bicyclic) bond motifs is 1. The summed E-state index contributed by atoms with van der Waals surface area (Å²) < 4.78 is 22.0. The number of anilines is 1. The topological polar surface area (TPSA) is 72.4 Å². The highest BCUT2D eigenvalue weighted by Gasteiger charge is 2.23. The van der Waals surface area contributed by atoms with Gasteiger partial charge in [0.25, 0.3) is 0 Å². The number of nitrogens with one attached hydrogen (secondary N) is 1. The Labute approximate surface area is 251 Å². The molecule has 1 aliphatic rings. The molecular formula is C35H48N2O5. The number of hydrogen-bond acceptors (Lipinski definition) is 7. The van der Waals surface area contributed by atoms with Gasteiger partial charge in [0.1, 0.15) is 23.9 Å². The van der Waals surface area contributed by atoms with Crippen molar-refractivity contribution in [3.63, 3.8) is 0 Å². The number of ether oxygens (including phenoxy) is 4. The van der Waals surface area contributed by atoms with Gasteiger partial charge >= 0.3 is 0 Å². The highest BCUT2D eigenvalue weighted by molar-refractivity contribution is 5.57. The molecule has 0 aliphatic heterocycles. The first-order valence-electron chi connectivity index (χ1n) is 15.2. The fourth-order valence-electron chi connectivity index (χ4n) is 5.68. The predicted octanol–water partition coefficient (Wildman–Crippen LogP) is 6.08. The summed E-state index contributed by atoms with van der Waals surface area (Å²) in [6.45, 7) is 5.56. The summed E-state index contributed by atoms with van der Waals surface area (Å²) in [4.78, 5) is 2.30. The number of benzene rings is 3. The van der Waals surface area contributed by atoms with Crippen LogP contribution in [0.2, 0.25) is 0 Å². The summed E-state index contributed by atoms with van der Waals surface area (Å²) in [5.74, 6) is 2.60. The van der Waals surface area contributed by atoms with Gasteiger partial charge in [-0.1, -0.05) is 24.3 Å². The highest BCUT2D eigenvalue weighted by Crippen LogP contribution is 2.38. The zero-order chi connectivity index (χ0) is 29.6. The van der Waals surface area contributed by atoms with Crippen molar-refractivity contribution in [3.8, 4) is 17.2 Å². The molecule has 2 N–H and O–H groups in total. The molecular weight excluding hydrogens is 528 g/mol. The number of rotatable bonds is 18.